The minimum absolute atomic E-state index is 0.128. The van der Waals surface area contributed by atoms with Crippen LogP contribution in [0.3, 0.4) is 0 Å². The van der Waals surface area contributed by atoms with E-state index in [1.165, 1.54) is 11.1 Å². The third-order valence-corrected chi connectivity index (χ3v) is 6.06. The summed E-state index contributed by atoms with van der Waals surface area (Å²) in [5.74, 6) is 0.601. The topological polar surface area (TPSA) is 59.8 Å². The van der Waals surface area contributed by atoms with Gasteiger partial charge in [0.25, 0.3) is 0 Å². The van der Waals surface area contributed by atoms with Crippen LogP contribution in [0.25, 0.3) is 11.0 Å². The lowest BCUT2D eigenvalue weighted by Crippen LogP contribution is -2.19. The molecule has 4 rings (SSSR count). The van der Waals surface area contributed by atoms with E-state index in [0.29, 0.717) is 10.7 Å². The van der Waals surface area contributed by atoms with Crippen LogP contribution in [0.5, 0.6) is 0 Å². The lowest BCUT2D eigenvalue weighted by molar-refractivity contribution is -0.116. The first kappa shape index (κ1) is 20.4. The molecule has 30 heavy (non-hydrogen) atoms. The summed E-state index contributed by atoms with van der Waals surface area (Å²) < 4.78 is 1.90. The molecule has 0 aliphatic rings. The summed E-state index contributed by atoms with van der Waals surface area (Å²) in [6, 6.07) is 15.8. The molecular formula is C23H21ClN4OS. The quantitative estimate of drug-likeness (QED) is 0.398. The Labute approximate surface area is 184 Å². The smallest absolute Gasteiger partial charge is 0.244 e. The van der Waals surface area contributed by atoms with Gasteiger partial charge < -0.3 is 9.88 Å². The van der Waals surface area contributed by atoms with Crippen molar-refractivity contribution in [3.05, 3.63) is 82.6 Å². The molecule has 7 heteroatoms. The number of imidazole rings is 1. The first-order valence-corrected chi connectivity index (χ1v) is 10.9. The van der Waals surface area contributed by atoms with Gasteiger partial charge in [0, 0.05) is 11.9 Å². The van der Waals surface area contributed by atoms with Gasteiger partial charge in [0.15, 0.2) is 5.16 Å². The Bertz CT molecular complexity index is 1200. The summed E-state index contributed by atoms with van der Waals surface area (Å²) in [5.41, 5.74) is 5.72. The summed E-state index contributed by atoms with van der Waals surface area (Å²) in [6.45, 7) is 4.16. The Morgan fingerprint density at radius 3 is 2.63 bits per heavy atom. The Hall–Kier alpha value is -2.83. The van der Waals surface area contributed by atoms with Crippen LogP contribution in [0.4, 0.5) is 5.69 Å². The Morgan fingerprint density at radius 1 is 1.10 bits per heavy atom. The molecule has 5 nitrogen and oxygen atoms in total. The third-order valence-electron chi connectivity index (χ3n) is 4.70. The molecule has 0 radical (unpaired) electrons. The van der Waals surface area contributed by atoms with Gasteiger partial charge in [-0.2, -0.15) is 0 Å². The van der Waals surface area contributed by atoms with Crippen LogP contribution in [0, 0.1) is 13.8 Å². The number of rotatable bonds is 6. The zero-order chi connectivity index (χ0) is 21.1. The van der Waals surface area contributed by atoms with Crippen molar-refractivity contribution in [1.29, 1.82) is 0 Å². The van der Waals surface area contributed by atoms with Crippen LogP contribution in [0.1, 0.15) is 16.7 Å². The van der Waals surface area contributed by atoms with Gasteiger partial charge in [-0.25, -0.2) is 4.98 Å². The van der Waals surface area contributed by atoms with E-state index in [9.17, 15) is 4.79 Å². The molecule has 0 fully saturated rings. The summed E-state index contributed by atoms with van der Waals surface area (Å²) in [5, 5.41) is 4.20. The predicted molar refractivity (Wildman–Crippen MR) is 123 cm³/mol. The first-order valence-electron chi connectivity index (χ1n) is 9.54. The number of thioether (sulfide) groups is 1. The Balaban J connectivity index is 1.56. The summed E-state index contributed by atoms with van der Waals surface area (Å²) >= 11 is 7.87. The molecule has 0 saturated carbocycles. The second-order valence-corrected chi connectivity index (χ2v) is 8.50. The number of hydrogen-bond donors (Lipinski definition) is 1. The summed E-state index contributed by atoms with van der Waals surface area (Å²) in [6.07, 6.45) is 3.45. The normalized spacial score (nSPS) is 11.0. The second kappa shape index (κ2) is 8.90. The molecule has 0 bridgehead atoms. The van der Waals surface area contributed by atoms with Crippen LogP contribution in [0.2, 0.25) is 5.02 Å². The molecule has 1 N–H and O–H groups in total. The van der Waals surface area contributed by atoms with Crippen molar-refractivity contribution in [3.8, 4) is 0 Å². The lowest BCUT2D eigenvalue weighted by atomic mass is 10.2. The Kier molecular flexibility index (Phi) is 6.06. The van der Waals surface area contributed by atoms with Gasteiger partial charge in [0.2, 0.25) is 5.91 Å². The molecule has 0 saturated heterocycles. The molecule has 0 aliphatic carbocycles. The fraction of sp³-hybridized carbons (Fsp3) is 0.174. The average Bonchev–Trinajstić information content (AvgIpc) is 3.07. The van der Waals surface area contributed by atoms with Crippen molar-refractivity contribution in [2.24, 2.45) is 0 Å². The number of benzene rings is 2. The van der Waals surface area contributed by atoms with Crippen molar-refractivity contribution in [1.82, 2.24) is 14.5 Å². The number of carbonyl (C=O) groups excluding carboxylic acids is 1. The van der Waals surface area contributed by atoms with Gasteiger partial charge in [-0.05, 0) is 43.2 Å². The fourth-order valence-corrected chi connectivity index (χ4v) is 4.35. The number of halogens is 1. The van der Waals surface area contributed by atoms with Crippen molar-refractivity contribution in [3.63, 3.8) is 0 Å². The molecule has 4 aromatic rings. The van der Waals surface area contributed by atoms with Crippen molar-refractivity contribution in [2.75, 3.05) is 5.32 Å². The molecule has 0 spiro atoms. The molecule has 2 aromatic heterocycles. The number of amides is 1. The maximum atomic E-state index is 12.8. The number of carbonyl (C=O) groups is 1. The average molecular weight is 437 g/mol. The lowest BCUT2D eigenvalue weighted by Gasteiger charge is -2.11. The van der Waals surface area contributed by atoms with E-state index in [4.69, 9.17) is 16.6 Å². The highest BCUT2D eigenvalue weighted by Gasteiger charge is 2.15. The largest absolute Gasteiger partial charge is 0.323 e. The first-order chi connectivity index (χ1) is 14.5. The number of nitrogens with one attached hydrogen (secondary N) is 1. The van der Waals surface area contributed by atoms with E-state index in [0.717, 1.165) is 27.5 Å². The second-order valence-electron chi connectivity index (χ2n) is 7.15. The molecular weight excluding hydrogens is 416 g/mol. The molecule has 0 aliphatic heterocycles. The van der Waals surface area contributed by atoms with E-state index in [-0.39, 0.29) is 12.5 Å². The fourth-order valence-electron chi connectivity index (χ4n) is 3.10. The van der Waals surface area contributed by atoms with Gasteiger partial charge in [-0.15, -0.1) is 0 Å². The summed E-state index contributed by atoms with van der Waals surface area (Å²) in [7, 11) is 0. The highest BCUT2D eigenvalue weighted by molar-refractivity contribution is 7.98. The van der Waals surface area contributed by atoms with E-state index >= 15 is 0 Å². The monoisotopic (exact) mass is 436 g/mol. The van der Waals surface area contributed by atoms with Crippen LogP contribution < -0.4 is 5.32 Å². The summed E-state index contributed by atoms with van der Waals surface area (Å²) in [4.78, 5) is 21.7. The van der Waals surface area contributed by atoms with Gasteiger partial charge in [-0.1, -0.05) is 59.3 Å². The van der Waals surface area contributed by atoms with Crippen LogP contribution in [0.15, 0.2) is 66.1 Å². The highest BCUT2D eigenvalue weighted by atomic mass is 35.5. The van der Waals surface area contributed by atoms with Gasteiger partial charge >= 0.3 is 0 Å². The number of anilines is 1. The third kappa shape index (κ3) is 4.66. The zero-order valence-electron chi connectivity index (χ0n) is 16.7. The number of aryl methyl sites for hydroxylation is 2. The molecule has 2 heterocycles. The highest BCUT2D eigenvalue weighted by Crippen LogP contribution is 2.27. The van der Waals surface area contributed by atoms with Gasteiger partial charge in [0.1, 0.15) is 6.54 Å². The van der Waals surface area contributed by atoms with Gasteiger partial charge in [0.05, 0.1) is 27.9 Å². The molecule has 2 aromatic carbocycles. The SMILES string of the molecule is Cc1ccc(CSc2nc3ccncc3n2CC(=O)Nc2ccc(C)cc2Cl)cc1. The van der Waals surface area contributed by atoms with Gasteiger partial charge in [-0.3, -0.25) is 9.78 Å². The molecule has 0 unspecified atom stereocenters. The minimum atomic E-state index is -0.166. The predicted octanol–water partition coefficient (Wildman–Crippen LogP) is 5.63. The number of fused-ring (bicyclic) bond motifs is 1. The number of pyridine rings is 1. The number of nitrogens with zero attached hydrogens (tertiary/aromatic N) is 3. The molecule has 152 valence electrons. The zero-order valence-corrected chi connectivity index (χ0v) is 18.3. The Morgan fingerprint density at radius 2 is 1.87 bits per heavy atom. The minimum Gasteiger partial charge on any atom is -0.323 e. The standard InChI is InChI=1S/C23H21ClN4OS/c1-15-3-6-17(7-4-15)14-30-23-27-20-9-10-25-12-21(20)28(23)13-22(29)26-19-8-5-16(2)11-18(19)24/h3-12H,13-14H2,1-2H3,(H,26,29). The van der Waals surface area contributed by atoms with Crippen molar-refractivity contribution < 1.29 is 4.79 Å². The number of aromatic nitrogens is 3. The van der Waals surface area contributed by atoms with E-state index in [2.05, 4.69) is 41.5 Å². The van der Waals surface area contributed by atoms with Crippen LogP contribution in [-0.4, -0.2) is 20.4 Å². The van der Waals surface area contributed by atoms with Crippen LogP contribution in [-0.2, 0) is 17.1 Å². The number of hydrogen-bond acceptors (Lipinski definition) is 4. The van der Waals surface area contributed by atoms with Crippen LogP contribution >= 0.6 is 23.4 Å². The van der Waals surface area contributed by atoms with Crippen molar-refractivity contribution in [2.45, 2.75) is 31.3 Å². The van der Waals surface area contributed by atoms with Crippen molar-refractivity contribution >= 4 is 46.0 Å². The van der Waals surface area contributed by atoms with E-state index in [1.54, 1.807) is 24.2 Å². The van der Waals surface area contributed by atoms with E-state index < -0.39 is 0 Å². The molecule has 1 amide bonds. The van der Waals surface area contributed by atoms with E-state index in [1.807, 2.05) is 35.8 Å². The molecule has 0 atom stereocenters. The maximum Gasteiger partial charge on any atom is 0.244 e. The maximum absolute atomic E-state index is 12.8.